The van der Waals surface area contributed by atoms with Crippen LogP contribution in [0, 0.1) is 0 Å². The molecule has 1 heterocycles. The Labute approximate surface area is 129 Å². The Hall–Kier alpha value is -1.56. The van der Waals surface area contributed by atoms with Crippen molar-refractivity contribution in [3.8, 4) is 5.75 Å². The number of phenols is 1. The number of amides is 1. The van der Waals surface area contributed by atoms with Crippen LogP contribution >= 0.6 is 34.5 Å². The third-order valence-electron chi connectivity index (χ3n) is 2.46. The summed E-state index contributed by atoms with van der Waals surface area (Å²) in [5.41, 5.74) is 3.06. The Bertz CT molecular complexity index is 683. The molecule has 0 radical (unpaired) electrons. The van der Waals surface area contributed by atoms with Gasteiger partial charge in [0.05, 0.1) is 20.5 Å². The maximum Gasteiger partial charge on any atom is 0.275 e. The maximum atomic E-state index is 11.9. The standard InChI is InChI=1S/C13H10Cl2N2O2S/c1-7(11-4-5-12(15)20-11)16-17-13(19)9-6-8(14)2-3-10(9)18/h2-6,18H,1H3,(H,17,19)/b16-7+. The predicted molar refractivity (Wildman–Crippen MR) is 82.1 cm³/mol. The number of nitrogens with one attached hydrogen (secondary N) is 1. The first-order valence-corrected chi connectivity index (χ1v) is 7.13. The van der Waals surface area contributed by atoms with E-state index in [1.807, 2.05) is 6.07 Å². The number of phenolic OH excluding ortho intramolecular Hbond substituents is 1. The van der Waals surface area contributed by atoms with Gasteiger partial charge < -0.3 is 5.11 Å². The van der Waals surface area contributed by atoms with E-state index >= 15 is 0 Å². The Kier molecular flexibility index (Phi) is 4.65. The third kappa shape index (κ3) is 3.50. The lowest BCUT2D eigenvalue weighted by Gasteiger charge is -2.04. The number of halogens is 2. The van der Waals surface area contributed by atoms with Gasteiger partial charge in [0.1, 0.15) is 5.75 Å². The zero-order chi connectivity index (χ0) is 14.7. The second kappa shape index (κ2) is 6.26. The fourth-order valence-electron chi connectivity index (χ4n) is 1.45. The Balaban J connectivity index is 2.14. The van der Waals surface area contributed by atoms with E-state index in [2.05, 4.69) is 10.5 Å². The number of benzene rings is 1. The van der Waals surface area contributed by atoms with E-state index in [9.17, 15) is 9.90 Å². The molecule has 1 aromatic heterocycles. The number of thiophene rings is 1. The lowest BCUT2D eigenvalue weighted by atomic mass is 10.2. The molecule has 0 aliphatic heterocycles. The molecular formula is C13H10Cl2N2O2S. The van der Waals surface area contributed by atoms with Crippen LogP contribution in [0.5, 0.6) is 5.75 Å². The van der Waals surface area contributed by atoms with Gasteiger partial charge in [0.2, 0.25) is 0 Å². The molecule has 0 bridgehead atoms. The van der Waals surface area contributed by atoms with Gasteiger partial charge in [0.15, 0.2) is 0 Å². The number of carbonyl (C=O) groups excluding carboxylic acids is 1. The highest BCUT2D eigenvalue weighted by atomic mass is 35.5. The minimum absolute atomic E-state index is 0.0678. The fourth-order valence-corrected chi connectivity index (χ4v) is 2.61. The van der Waals surface area contributed by atoms with Gasteiger partial charge in [0.25, 0.3) is 5.91 Å². The first-order chi connectivity index (χ1) is 9.47. The van der Waals surface area contributed by atoms with Crippen LogP contribution in [0.2, 0.25) is 9.36 Å². The summed E-state index contributed by atoms with van der Waals surface area (Å²) in [7, 11) is 0. The summed E-state index contributed by atoms with van der Waals surface area (Å²) < 4.78 is 0.647. The van der Waals surface area contributed by atoms with E-state index < -0.39 is 5.91 Å². The van der Waals surface area contributed by atoms with Crippen LogP contribution in [0.15, 0.2) is 35.4 Å². The average Bonchev–Trinajstić information content (AvgIpc) is 2.85. The molecule has 0 atom stereocenters. The van der Waals surface area contributed by atoms with Crippen molar-refractivity contribution in [1.29, 1.82) is 0 Å². The van der Waals surface area contributed by atoms with Crippen molar-refractivity contribution >= 4 is 46.2 Å². The van der Waals surface area contributed by atoms with Gasteiger partial charge in [-0.05, 0) is 37.3 Å². The molecule has 4 nitrogen and oxygen atoms in total. The summed E-state index contributed by atoms with van der Waals surface area (Å²) >= 11 is 13.0. The van der Waals surface area contributed by atoms with Crippen molar-refractivity contribution in [3.63, 3.8) is 0 Å². The first-order valence-electron chi connectivity index (χ1n) is 5.56. The number of aromatic hydroxyl groups is 1. The second-order valence-electron chi connectivity index (χ2n) is 3.90. The normalized spacial score (nSPS) is 11.4. The molecule has 7 heteroatoms. The lowest BCUT2D eigenvalue weighted by molar-refractivity contribution is 0.0952. The van der Waals surface area contributed by atoms with Crippen LogP contribution in [0.3, 0.4) is 0 Å². The molecule has 2 aromatic rings. The number of hydrogen-bond donors (Lipinski definition) is 2. The second-order valence-corrected chi connectivity index (χ2v) is 6.05. The topological polar surface area (TPSA) is 61.7 Å². The van der Waals surface area contributed by atoms with E-state index in [1.54, 1.807) is 13.0 Å². The van der Waals surface area contributed by atoms with Crippen LogP contribution in [-0.4, -0.2) is 16.7 Å². The minimum Gasteiger partial charge on any atom is -0.507 e. The summed E-state index contributed by atoms with van der Waals surface area (Å²) in [5, 5.41) is 13.9. The quantitative estimate of drug-likeness (QED) is 0.662. The predicted octanol–water partition coefficient (Wildman–Crippen LogP) is 3.91. The Morgan fingerprint density at radius 1 is 1.30 bits per heavy atom. The number of nitrogens with zero attached hydrogens (tertiary/aromatic N) is 1. The smallest absolute Gasteiger partial charge is 0.275 e. The molecule has 0 aliphatic carbocycles. The van der Waals surface area contributed by atoms with Crippen molar-refractivity contribution in [3.05, 3.63) is 50.1 Å². The molecule has 2 N–H and O–H groups in total. The first kappa shape index (κ1) is 14.8. The molecule has 104 valence electrons. The summed E-state index contributed by atoms with van der Waals surface area (Å²) in [5.74, 6) is -0.689. The molecule has 2 rings (SSSR count). The highest BCUT2D eigenvalue weighted by molar-refractivity contribution is 7.18. The Morgan fingerprint density at radius 3 is 2.70 bits per heavy atom. The molecule has 0 saturated heterocycles. The number of carbonyl (C=O) groups is 1. The Morgan fingerprint density at radius 2 is 2.05 bits per heavy atom. The molecule has 0 spiro atoms. The van der Waals surface area contributed by atoms with Gasteiger partial charge in [-0.1, -0.05) is 23.2 Å². The highest BCUT2D eigenvalue weighted by Crippen LogP contribution is 2.23. The van der Waals surface area contributed by atoms with E-state index in [1.165, 1.54) is 29.5 Å². The summed E-state index contributed by atoms with van der Waals surface area (Å²) in [6.45, 7) is 1.75. The van der Waals surface area contributed by atoms with Crippen molar-refractivity contribution in [1.82, 2.24) is 5.43 Å². The van der Waals surface area contributed by atoms with E-state index in [0.717, 1.165) is 4.88 Å². The van der Waals surface area contributed by atoms with Gasteiger partial charge in [-0.3, -0.25) is 4.79 Å². The largest absolute Gasteiger partial charge is 0.507 e. The van der Waals surface area contributed by atoms with Crippen LogP contribution in [0.1, 0.15) is 22.2 Å². The van der Waals surface area contributed by atoms with Crippen molar-refractivity contribution in [2.24, 2.45) is 5.10 Å². The van der Waals surface area contributed by atoms with Gasteiger partial charge in [-0.15, -0.1) is 11.3 Å². The zero-order valence-corrected chi connectivity index (χ0v) is 12.7. The van der Waals surface area contributed by atoms with E-state index in [-0.39, 0.29) is 11.3 Å². The minimum atomic E-state index is -0.535. The van der Waals surface area contributed by atoms with Crippen molar-refractivity contribution < 1.29 is 9.90 Å². The summed E-state index contributed by atoms with van der Waals surface area (Å²) in [6, 6.07) is 7.79. The maximum absolute atomic E-state index is 11.9. The molecular weight excluding hydrogens is 319 g/mol. The third-order valence-corrected chi connectivity index (χ3v) is 4.03. The highest BCUT2D eigenvalue weighted by Gasteiger charge is 2.11. The average molecular weight is 329 g/mol. The number of hydrogen-bond acceptors (Lipinski definition) is 4. The summed E-state index contributed by atoms with van der Waals surface area (Å²) in [6.07, 6.45) is 0. The molecule has 0 unspecified atom stereocenters. The van der Waals surface area contributed by atoms with Crippen LogP contribution in [0.4, 0.5) is 0 Å². The number of hydrazone groups is 1. The molecule has 0 saturated carbocycles. The molecule has 20 heavy (non-hydrogen) atoms. The van der Waals surface area contributed by atoms with Crippen molar-refractivity contribution in [2.45, 2.75) is 6.92 Å². The molecule has 1 amide bonds. The van der Waals surface area contributed by atoms with E-state index in [0.29, 0.717) is 15.1 Å². The summed E-state index contributed by atoms with van der Waals surface area (Å²) in [4.78, 5) is 12.8. The molecule has 1 aromatic carbocycles. The number of rotatable bonds is 3. The SMILES string of the molecule is C/C(=N\NC(=O)c1cc(Cl)ccc1O)c1ccc(Cl)s1. The molecule has 0 aliphatic rings. The van der Waals surface area contributed by atoms with Gasteiger partial charge in [-0.25, -0.2) is 5.43 Å². The fraction of sp³-hybridized carbons (Fsp3) is 0.0769. The van der Waals surface area contributed by atoms with Gasteiger partial charge >= 0.3 is 0 Å². The van der Waals surface area contributed by atoms with Gasteiger partial charge in [0, 0.05) is 5.02 Å². The monoisotopic (exact) mass is 328 g/mol. The van der Waals surface area contributed by atoms with E-state index in [4.69, 9.17) is 23.2 Å². The van der Waals surface area contributed by atoms with Gasteiger partial charge in [-0.2, -0.15) is 5.10 Å². The molecule has 0 fully saturated rings. The lowest BCUT2D eigenvalue weighted by Crippen LogP contribution is -2.19. The van der Waals surface area contributed by atoms with Crippen molar-refractivity contribution in [2.75, 3.05) is 0 Å². The zero-order valence-electron chi connectivity index (χ0n) is 10.4. The van der Waals surface area contributed by atoms with Crippen LogP contribution in [-0.2, 0) is 0 Å². The van der Waals surface area contributed by atoms with Crippen LogP contribution < -0.4 is 5.43 Å². The van der Waals surface area contributed by atoms with Crippen LogP contribution in [0.25, 0.3) is 0 Å².